The Kier molecular flexibility index (Phi) is 18.1. The van der Waals surface area contributed by atoms with Gasteiger partial charge in [0.15, 0.2) is 0 Å². The number of piperazine rings is 2. The van der Waals surface area contributed by atoms with Crippen LogP contribution in [0, 0.1) is 0 Å². The number of fused-ring (bicyclic) bond motifs is 2. The third kappa shape index (κ3) is 13.1. The lowest BCUT2D eigenvalue weighted by Crippen LogP contribution is -2.57. The molecule has 2 aliphatic heterocycles. The number of H-pyrrole nitrogens is 2. The molecule has 4 bridgehead atoms. The fraction of sp³-hybridized carbons (Fsp3) is 0.473. The van der Waals surface area contributed by atoms with Crippen LogP contribution in [0.1, 0.15) is 71.7 Å². The number of aliphatic hydroxyl groups is 1. The number of aliphatic hydroxyl groups excluding tert-OH is 1. The summed E-state index contributed by atoms with van der Waals surface area (Å²) in [4.78, 5) is 61.1. The number of methoxy groups -OCH3 is 2. The highest BCUT2D eigenvalue weighted by Gasteiger charge is 2.41. The van der Waals surface area contributed by atoms with Gasteiger partial charge >= 0.3 is 6.09 Å². The SMILES string of the molecule is COC(=O)N[C@@H](CCSC)C(=O)N1CCN(S(C)(=O)=O)C[C@H]1c1nc2cc(-c3cc4ccc3C[C@@H](C)c3ccc(c(-c5ccc6[nH]c([C@@H]7CN(S(C)(=O)=O)CCN7C(=O)[C@H](CCSC)NC(O)OC)nc6c5)c3)CC4)ccc2[nH]1. The Morgan fingerprint density at radius 1 is 0.709 bits per heavy atom. The third-order valence-electron chi connectivity index (χ3n) is 15.4. The minimum absolute atomic E-state index is 0.00649. The number of alkyl carbamates (subject to hydrolysis) is 1. The van der Waals surface area contributed by atoms with Gasteiger partial charge in [0.2, 0.25) is 38.3 Å². The smallest absolute Gasteiger partial charge is 0.407 e. The molecule has 2 aromatic heterocycles. The van der Waals surface area contributed by atoms with Gasteiger partial charge in [0.25, 0.3) is 0 Å². The van der Waals surface area contributed by atoms with Gasteiger partial charge in [-0.25, -0.2) is 31.6 Å². The van der Waals surface area contributed by atoms with E-state index in [0.29, 0.717) is 47.0 Å². The maximum Gasteiger partial charge on any atom is 0.407 e. The number of aromatic amines is 2. The topological polar surface area (TPSA) is 253 Å². The molecule has 0 spiro atoms. The number of imidazole rings is 2. The highest BCUT2D eigenvalue weighted by atomic mass is 32.2. The maximum absolute atomic E-state index is 14.3. The van der Waals surface area contributed by atoms with Crippen molar-refractivity contribution in [3.63, 3.8) is 0 Å². The van der Waals surface area contributed by atoms with Gasteiger partial charge in [0.1, 0.15) is 29.8 Å². The Morgan fingerprint density at radius 3 is 1.77 bits per heavy atom. The zero-order chi connectivity index (χ0) is 56.3. The Labute approximate surface area is 470 Å². The highest BCUT2D eigenvalue weighted by molar-refractivity contribution is 7.98. The molecule has 4 heterocycles. The number of aromatic nitrogens is 4. The molecule has 4 aromatic carbocycles. The molecular formula is C55H70N10O10S4. The van der Waals surface area contributed by atoms with E-state index in [9.17, 15) is 36.3 Å². The van der Waals surface area contributed by atoms with E-state index in [-0.39, 0.29) is 57.0 Å². The summed E-state index contributed by atoms with van der Waals surface area (Å²) < 4.78 is 64.2. The summed E-state index contributed by atoms with van der Waals surface area (Å²) in [5, 5.41) is 15.9. The average molecular weight is 1160 g/mol. The van der Waals surface area contributed by atoms with Gasteiger partial charge in [-0.2, -0.15) is 32.1 Å². The van der Waals surface area contributed by atoms with E-state index in [2.05, 4.69) is 82.1 Å². The molecule has 12 rings (SSSR count). The standard InChI is InChI=1S/C55H70N10O10S4/c1-33-26-37-11-9-34(27-40(37)38-14-16-42-46(29-38)58-50(56-42)48-31-62(78(6,70)71)20-22-64(48)52(66)44(18-24-76-4)60-54(68)74-2)8-10-35-12-13-36(33)28-41(35)39-15-17-43-47(30-39)59-51(57-43)49-32-63(79(7,72)73)21-23-65(49)53(67)45(19-25-77-5)61-55(69)75-3/h9,11-17,27-30,33,44-45,48-49,55,61,69H,8,10,18-26,31-32H2,1-7H3,(H,56,58)(H,57,59)(H,60,68)/t33-,44+,45+,48+,49+,55?/m1/s1. The summed E-state index contributed by atoms with van der Waals surface area (Å²) in [6.07, 6.45) is 7.11. The van der Waals surface area contributed by atoms with E-state index in [1.54, 1.807) is 33.3 Å². The lowest BCUT2D eigenvalue weighted by atomic mass is 9.84. The molecular weight excluding hydrogens is 1090 g/mol. The van der Waals surface area contributed by atoms with Gasteiger partial charge in [0, 0.05) is 46.4 Å². The molecule has 3 amide bonds. The molecule has 6 aliphatic rings. The minimum Gasteiger partial charge on any atom is -0.453 e. The van der Waals surface area contributed by atoms with Crippen molar-refractivity contribution in [2.75, 3.05) is 90.0 Å². The van der Waals surface area contributed by atoms with Crippen LogP contribution < -0.4 is 10.6 Å². The van der Waals surface area contributed by atoms with E-state index in [1.807, 2.05) is 30.7 Å². The first kappa shape index (κ1) is 58.1. The van der Waals surface area contributed by atoms with Crippen molar-refractivity contribution in [2.24, 2.45) is 0 Å². The van der Waals surface area contributed by atoms with Crippen LogP contribution in [0.15, 0.2) is 72.8 Å². The second kappa shape index (κ2) is 24.7. The van der Waals surface area contributed by atoms with Crippen LogP contribution in [0.4, 0.5) is 4.79 Å². The molecule has 79 heavy (non-hydrogen) atoms. The lowest BCUT2D eigenvalue weighted by molar-refractivity contribution is -0.146. The molecule has 0 radical (unpaired) electrons. The van der Waals surface area contributed by atoms with Crippen LogP contribution in [-0.2, 0) is 58.4 Å². The number of aryl methyl sites for hydroxylation is 2. The molecule has 424 valence electrons. The number of carbonyl (C=O) groups is 3. The van der Waals surface area contributed by atoms with Crippen molar-refractivity contribution in [3.05, 3.63) is 107 Å². The van der Waals surface area contributed by atoms with Crippen molar-refractivity contribution in [2.45, 2.75) is 75.5 Å². The Hall–Kier alpha value is -5.57. The van der Waals surface area contributed by atoms with Crippen LogP contribution in [0.5, 0.6) is 0 Å². The van der Waals surface area contributed by atoms with E-state index in [1.165, 1.54) is 34.6 Å². The molecule has 2 saturated heterocycles. The first-order valence-electron chi connectivity index (χ1n) is 26.3. The van der Waals surface area contributed by atoms with E-state index >= 15 is 0 Å². The predicted octanol–water partition coefficient (Wildman–Crippen LogP) is 5.62. The van der Waals surface area contributed by atoms with Crippen molar-refractivity contribution in [3.8, 4) is 22.3 Å². The number of hydrogen-bond donors (Lipinski definition) is 5. The average Bonchev–Trinajstić information content (AvgIpc) is 4.26. The third-order valence-corrected chi connectivity index (χ3v) is 19.2. The van der Waals surface area contributed by atoms with Crippen LogP contribution in [0.3, 0.4) is 0 Å². The number of benzene rings is 4. The van der Waals surface area contributed by atoms with Gasteiger partial charge in [0.05, 0.1) is 47.7 Å². The van der Waals surface area contributed by atoms with Crippen molar-refractivity contribution in [1.82, 2.24) is 49.0 Å². The summed E-state index contributed by atoms with van der Waals surface area (Å²) in [5.41, 5.74) is 11.6. The fourth-order valence-electron chi connectivity index (χ4n) is 11.0. The summed E-state index contributed by atoms with van der Waals surface area (Å²) in [5.74, 6) is 1.64. The minimum atomic E-state index is -3.61. The first-order valence-corrected chi connectivity index (χ1v) is 32.8. The van der Waals surface area contributed by atoms with Crippen LogP contribution in [0.2, 0.25) is 0 Å². The van der Waals surface area contributed by atoms with Crippen LogP contribution in [0.25, 0.3) is 44.3 Å². The van der Waals surface area contributed by atoms with Gasteiger partial charge < -0.3 is 39.7 Å². The molecule has 4 aliphatic carbocycles. The Morgan fingerprint density at radius 2 is 1.24 bits per heavy atom. The molecule has 2 fully saturated rings. The van der Waals surface area contributed by atoms with Gasteiger partial charge in [-0.05, 0) is 131 Å². The first-order chi connectivity index (χ1) is 37.8. The maximum atomic E-state index is 14.3. The molecule has 5 N–H and O–H groups in total. The van der Waals surface area contributed by atoms with Crippen molar-refractivity contribution < 1.29 is 45.8 Å². The normalized spacial score (nSPS) is 19.8. The number of ether oxygens (including phenoxy) is 2. The predicted molar refractivity (Wildman–Crippen MR) is 310 cm³/mol. The number of rotatable bonds is 18. The van der Waals surface area contributed by atoms with Crippen LogP contribution in [-0.4, -0.2) is 187 Å². The second-order valence-corrected chi connectivity index (χ2v) is 26.6. The van der Waals surface area contributed by atoms with E-state index in [4.69, 9.17) is 19.4 Å². The second-order valence-electron chi connectivity index (χ2n) is 20.6. The lowest BCUT2D eigenvalue weighted by Gasteiger charge is -2.41. The molecule has 1 unspecified atom stereocenters. The van der Waals surface area contributed by atoms with E-state index in [0.717, 1.165) is 75.5 Å². The number of nitrogens with one attached hydrogen (secondary N) is 4. The number of carbonyl (C=O) groups excluding carboxylic acids is 3. The number of sulfonamides is 2. The molecule has 6 atom stereocenters. The Bertz CT molecular complexity index is 3450. The summed E-state index contributed by atoms with van der Waals surface area (Å²) in [6, 6.07) is 22.5. The Balaban J connectivity index is 0.992. The largest absolute Gasteiger partial charge is 0.453 e. The van der Waals surface area contributed by atoms with Crippen LogP contribution >= 0.6 is 23.5 Å². The molecule has 6 aromatic rings. The zero-order valence-electron chi connectivity index (χ0n) is 45.5. The summed E-state index contributed by atoms with van der Waals surface area (Å²) in [6.45, 7) is 2.71. The van der Waals surface area contributed by atoms with E-state index < -0.39 is 56.7 Å². The monoisotopic (exact) mass is 1160 g/mol. The van der Waals surface area contributed by atoms with Crippen molar-refractivity contribution in [1.29, 1.82) is 0 Å². The summed E-state index contributed by atoms with van der Waals surface area (Å²) in [7, 11) is -4.61. The number of amides is 3. The number of hydrogen-bond acceptors (Lipinski definition) is 15. The zero-order valence-corrected chi connectivity index (χ0v) is 48.8. The van der Waals surface area contributed by atoms with Gasteiger partial charge in [-0.1, -0.05) is 55.5 Å². The quantitative estimate of drug-likeness (QED) is 0.0655. The molecule has 24 heteroatoms. The molecule has 20 nitrogen and oxygen atoms in total. The van der Waals surface area contributed by atoms with Crippen molar-refractivity contribution >= 4 is 83.5 Å². The van der Waals surface area contributed by atoms with Gasteiger partial charge in [-0.3, -0.25) is 14.9 Å². The summed E-state index contributed by atoms with van der Waals surface area (Å²) >= 11 is 3.12. The molecule has 0 saturated carbocycles. The van der Waals surface area contributed by atoms with Gasteiger partial charge in [-0.15, -0.1) is 0 Å². The number of thioether (sulfide) groups is 2. The fourth-order valence-corrected chi connectivity index (χ4v) is 13.6. The highest BCUT2D eigenvalue weighted by Crippen LogP contribution is 2.38. The number of nitrogens with zero attached hydrogens (tertiary/aromatic N) is 6.